The number of esters is 1. The molecule has 2 N–H and O–H groups in total. The average molecular weight is 569 g/mol. The zero-order valence-corrected chi connectivity index (χ0v) is 26.6. The van der Waals surface area contributed by atoms with Crippen molar-refractivity contribution in [3.05, 3.63) is 23.3 Å². The van der Waals surface area contributed by atoms with Gasteiger partial charge in [0.2, 0.25) is 0 Å². The van der Waals surface area contributed by atoms with E-state index in [2.05, 4.69) is 47.6 Å². The molecule has 7 rings (SSSR count). The van der Waals surface area contributed by atoms with Gasteiger partial charge in [-0.1, -0.05) is 59.3 Å². The molecule has 0 aromatic carbocycles. The Bertz CT molecular complexity index is 1220. The minimum absolute atomic E-state index is 0.000216. The largest absolute Gasteiger partial charge is 0.481 e. The molecule has 0 aromatic heterocycles. The maximum atomic E-state index is 13.4. The van der Waals surface area contributed by atoms with Gasteiger partial charge in [0, 0.05) is 28.7 Å². The number of hydrogen-bond donors (Lipinski definition) is 2. The van der Waals surface area contributed by atoms with E-state index in [-0.39, 0.29) is 33.0 Å². The van der Waals surface area contributed by atoms with E-state index in [1.54, 1.807) is 13.0 Å². The minimum atomic E-state index is -1.11. The third-order valence-electron chi connectivity index (χ3n) is 14.5. The maximum Gasteiger partial charge on any atom is 0.333 e. The summed E-state index contributed by atoms with van der Waals surface area (Å²) in [5, 5.41) is 22.4. The van der Waals surface area contributed by atoms with E-state index < -0.39 is 29.2 Å². The van der Waals surface area contributed by atoms with E-state index >= 15 is 0 Å². The first-order chi connectivity index (χ1) is 18.9. The van der Waals surface area contributed by atoms with Crippen LogP contribution in [0.2, 0.25) is 0 Å². The average Bonchev–Trinajstić information content (AvgIpc) is 2.88. The second-order valence-corrected chi connectivity index (χ2v) is 16.7. The molecule has 0 radical (unpaired) electrons. The van der Waals surface area contributed by atoms with E-state index in [0.717, 1.165) is 38.5 Å². The van der Waals surface area contributed by atoms with Gasteiger partial charge < -0.3 is 19.7 Å². The van der Waals surface area contributed by atoms with Crippen molar-refractivity contribution in [1.29, 1.82) is 0 Å². The molecule has 1 spiro atoms. The highest BCUT2D eigenvalue weighted by atomic mass is 16.6. The van der Waals surface area contributed by atoms with Crippen LogP contribution in [0.25, 0.3) is 0 Å². The van der Waals surface area contributed by atoms with Crippen LogP contribution in [0.3, 0.4) is 0 Å². The van der Waals surface area contributed by atoms with Gasteiger partial charge in [-0.3, -0.25) is 4.79 Å². The first-order valence-corrected chi connectivity index (χ1v) is 16.1. The van der Waals surface area contributed by atoms with Crippen LogP contribution in [0.1, 0.15) is 113 Å². The highest BCUT2D eigenvalue weighted by Gasteiger charge is 2.75. The molecule has 2 bridgehead atoms. The van der Waals surface area contributed by atoms with E-state index in [1.165, 1.54) is 5.57 Å². The highest BCUT2D eigenvalue weighted by molar-refractivity contribution is 5.88. The van der Waals surface area contributed by atoms with Crippen molar-refractivity contribution < 1.29 is 29.3 Å². The number of allylic oxidation sites excluding steroid dienone is 3. The van der Waals surface area contributed by atoms with Gasteiger partial charge in [-0.15, -0.1) is 0 Å². The lowest BCUT2D eigenvalue weighted by Crippen LogP contribution is -2.73. The van der Waals surface area contributed by atoms with Crippen molar-refractivity contribution in [3.8, 4) is 0 Å². The zero-order chi connectivity index (χ0) is 30.0. The quantitative estimate of drug-likeness (QED) is 0.215. The van der Waals surface area contributed by atoms with Gasteiger partial charge in [-0.25, -0.2) is 4.79 Å². The molecule has 2 saturated heterocycles. The van der Waals surface area contributed by atoms with E-state index in [9.17, 15) is 19.8 Å². The molecule has 7 aliphatic rings. The van der Waals surface area contributed by atoms with Gasteiger partial charge in [-0.05, 0) is 93.3 Å². The molecule has 6 heteroatoms. The molecular weight excluding hydrogens is 516 g/mol. The monoisotopic (exact) mass is 568 g/mol. The number of aliphatic hydroxyl groups is 1. The molecule has 9 atom stereocenters. The van der Waals surface area contributed by atoms with Crippen molar-refractivity contribution in [2.45, 2.75) is 125 Å². The molecule has 4 unspecified atom stereocenters. The van der Waals surface area contributed by atoms with Crippen LogP contribution < -0.4 is 0 Å². The summed E-state index contributed by atoms with van der Waals surface area (Å²) in [6.07, 6.45) is 10.9. The Kier molecular flexibility index (Phi) is 6.25. The first kappa shape index (κ1) is 29.4. The summed E-state index contributed by atoms with van der Waals surface area (Å²) in [5.74, 6) is -1.60. The molecule has 41 heavy (non-hydrogen) atoms. The van der Waals surface area contributed by atoms with Crippen LogP contribution in [0.5, 0.6) is 0 Å². The van der Waals surface area contributed by atoms with Gasteiger partial charge in [0.05, 0.1) is 6.61 Å². The lowest BCUT2D eigenvalue weighted by molar-refractivity contribution is -0.395. The Morgan fingerprint density at radius 1 is 1.00 bits per heavy atom. The molecule has 6 nitrogen and oxygen atoms in total. The van der Waals surface area contributed by atoms with E-state index in [1.807, 2.05) is 6.92 Å². The molecule has 2 aliphatic heterocycles. The summed E-state index contributed by atoms with van der Waals surface area (Å²) >= 11 is 0. The molecule has 228 valence electrons. The number of hydrogen-bond acceptors (Lipinski definition) is 5. The SMILES string of the molecule is C/C=C(\C)C(=O)O[C@@H]1CC(C)(C)CC2C3=CCC4[C@]56CC[C@](O)(OC5)C(C)(C)C6CC[C@@]4(C)C3(C)CC[C@]21C(=O)O. The first-order valence-electron chi connectivity index (χ1n) is 16.1. The predicted molar refractivity (Wildman–Crippen MR) is 157 cm³/mol. The van der Waals surface area contributed by atoms with Gasteiger partial charge >= 0.3 is 11.9 Å². The molecule has 4 saturated carbocycles. The summed E-state index contributed by atoms with van der Waals surface area (Å²) in [7, 11) is 0. The molecule has 6 fully saturated rings. The van der Waals surface area contributed by atoms with Gasteiger partial charge in [0.15, 0.2) is 5.79 Å². The normalized spacial score (nSPS) is 49.5. The second kappa shape index (κ2) is 8.71. The fraction of sp³-hybridized carbons (Fsp3) is 0.829. The van der Waals surface area contributed by atoms with Gasteiger partial charge in [0.1, 0.15) is 11.5 Å². The number of aliphatic carboxylic acids is 1. The highest BCUT2D eigenvalue weighted by Crippen LogP contribution is 2.78. The van der Waals surface area contributed by atoms with Crippen LogP contribution in [-0.2, 0) is 19.1 Å². The number of carbonyl (C=O) groups excluding carboxylic acids is 1. The summed E-state index contributed by atoms with van der Waals surface area (Å²) in [4.78, 5) is 26.4. The lowest BCUT2D eigenvalue weighted by atomic mass is 9.32. The molecule has 2 heterocycles. The Morgan fingerprint density at radius 3 is 2.32 bits per heavy atom. The smallest absolute Gasteiger partial charge is 0.333 e. The topological polar surface area (TPSA) is 93.1 Å². The van der Waals surface area contributed by atoms with E-state index in [4.69, 9.17) is 9.47 Å². The summed E-state index contributed by atoms with van der Waals surface area (Å²) in [6, 6.07) is 0. The number of carboxylic acids is 1. The predicted octanol–water partition coefficient (Wildman–Crippen LogP) is 7.06. The number of carboxylic acid groups (broad SMARTS) is 1. The Morgan fingerprint density at radius 2 is 1.71 bits per heavy atom. The zero-order valence-electron chi connectivity index (χ0n) is 26.6. The van der Waals surface area contributed by atoms with Crippen LogP contribution in [0, 0.1) is 50.2 Å². The summed E-state index contributed by atoms with van der Waals surface area (Å²) in [5.41, 5.74) is 0.153. The molecule has 0 aromatic rings. The summed E-state index contributed by atoms with van der Waals surface area (Å²) in [6.45, 7) is 17.9. The third-order valence-corrected chi connectivity index (χ3v) is 14.5. The lowest BCUT2D eigenvalue weighted by Gasteiger charge is -2.74. The van der Waals surface area contributed by atoms with Gasteiger partial charge in [0.25, 0.3) is 0 Å². The van der Waals surface area contributed by atoms with Crippen molar-refractivity contribution in [2.24, 2.45) is 50.2 Å². The van der Waals surface area contributed by atoms with Crippen molar-refractivity contribution in [2.75, 3.05) is 6.61 Å². The second-order valence-electron chi connectivity index (χ2n) is 16.7. The van der Waals surface area contributed by atoms with Crippen LogP contribution in [0.4, 0.5) is 0 Å². The number of ether oxygens (including phenoxy) is 2. The van der Waals surface area contributed by atoms with Crippen LogP contribution in [0.15, 0.2) is 23.3 Å². The number of fused-ring (bicyclic) bond motifs is 7. The standard InChI is InChI=1S/C35H52O6/c1-9-21(2)27(36)41-26-19-29(3,4)18-23-22-10-11-25-32(8,31(22,7)14-16-34(23,26)28(37)38)13-12-24-30(5,6)35(39)17-15-33(24,25)20-40-35/h9-10,23-26,39H,11-20H2,1-8H3,(H,37,38)/b21-9+/t23?,24?,25?,26-,31?,32-,33-,34+,35+/m1/s1. The third kappa shape index (κ3) is 3.50. The number of rotatable bonds is 3. The fourth-order valence-electron chi connectivity index (χ4n) is 11.7. The van der Waals surface area contributed by atoms with Gasteiger partial charge in [-0.2, -0.15) is 0 Å². The number of carbonyl (C=O) groups is 2. The molecular formula is C35H52O6. The van der Waals surface area contributed by atoms with Crippen molar-refractivity contribution in [3.63, 3.8) is 0 Å². The van der Waals surface area contributed by atoms with Crippen molar-refractivity contribution >= 4 is 11.9 Å². The molecule has 0 amide bonds. The van der Waals surface area contributed by atoms with Crippen LogP contribution >= 0.6 is 0 Å². The minimum Gasteiger partial charge on any atom is -0.481 e. The molecule has 5 aliphatic carbocycles. The fourth-order valence-corrected chi connectivity index (χ4v) is 11.7. The Labute approximate surface area is 246 Å². The maximum absolute atomic E-state index is 13.4. The van der Waals surface area contributed by atoms with Crippen LogP contribution in [-0.4, -0.2) is 40.6 Å². The Hall–Kier alpha value is -1.66. The van der Waals surface area contributed by atoms with Crippen molar-refractivity contribution in [1.82, 2.24) is 0 Å². The van der Waals surface area contributed by atoms with E-state index in [0.29, 0.717) is 43.3 Å². The Balaban J connectivity index is 1.44. The summed E-state index contributed by atoms with van der Waals surface area (Å²) < 4.78 is 12.5.